The van der Waals surface area contributed by atoms with Crippen LogP contribution in [0.25, 0.3) is 17.3 Å². The molecular formula is C25H34ClN3O4. The van der Waals surface area contributed by atoms with Crippen LogP contribution >= 0.6 is 12.4 Å². The van der Waals surface area contributed by atoms with Gasteiger partial charge in [0.25, 0.3) is 0 Å². The number of aliphatic carboxylic acids is 1. The van der Waals surface area contributed by atoms with Gasteiger partial charge in [0.05, 0.1) is 12.3 Å². The topological polar surface area (TPSA) is 91.8 Å². The standard InChI is InChI=1S/C25H33N3O4.ClH/c1-4-6-7-8-9-15-26-25(31)28(3)21-12-10-11-19(16-21)22-17-23(32-5-2)20(18-27-22)13-14-24(29)30;/h10-14,16-18H,4-9,15H2,1-3H3,(H,26,31)(H,29,30);1H/b14-13-;. The van der Waals surface area contributed by atoms with Crippen molar-refractivity contribution < 1.29 is 19.4 Å². The molecule has 1 aromatic heterocycles. The molecular weight excluding hydrogens is 442 g/mol. The second kappa shape index (κ2) is 14.9. The molecule has 0 unspecified atom stereocenters. The van der Waals surface area contributed by atoms with Gasteiger partial charge >= 0.3 is 12.0 Å². The number of nitrogens with one attached hydrogen (secondary N) is 1. The van der Waals surface area contributed by atoms with Crippen LogP contribution in [0.5, 0.6) is 5.75 Å². The maximum atomic E-state index is 12.5. The van der Waals surface area contributed by atoms with Gasteiger partial charge < -0.3 is 15.2 Å². The van der Waals surface area contributed by atoms with Gasteiger partial charge in [-0.05, 0) is 31.6 Å². The molecule has 8 heteroatoms. The molecule has 0 spiro atoms. The molecule has 0 aliphatic heterocycles. The van der Waals surface area contributed by atoms with Crippen LogP contribution < -0.4 is 15.0 Å². The summed E-state index contributed by atoms with van der Waals surface area (Å²) in [5, 5.41) is 11.8. The number of carboxylic acids is 1. The number of carbonyl (C=O) groups is 2. The number of benzene rings is 1. The van der Waals surface area contributed by atoms with Gasteiger partial charge in [-0.15, -0.1) is 12.4 Å². The Kier molecular flexibility index (Phi) is 12.6. The van der Waals surface area contributed by atoms with Crippen molar-refractivity contribution in [2.75, 3.05) is 25.1 Å². The number of pyridine rings is 1. The molecule has 0 radical (unpaired) electrons. The summed E-state index contributed by atoms with van der Waals surface area (Å²) in [5.41, 5.74) is 2.84. The van der Waals surface area contributed by atoms with Crippen molar-refractivity contribution in [1.82, 2.24) is 10.3 Å². The average Bonchev–Trinajstić information content (AvgIpc) is 2.80. The van der Waals surface area contributed by atoms with Gasteiger partial charge in [-0.3, -0.25) is 9.88 Å². The van der Waals surface area contributed by atoms with E-state index < -0.39 is 5.97 Å². The van der Waals surface area contributed by atoms with Gasteiger partial charge in [-0.2, -0.15) is 0 Å². The van der Waals surface area contributed by atoms with E-state index in [0.717, 1.165) is 30.2 Å². The van der Waals surface area contributed by atoms with E-state index >= 15 is 0 Å². The maximum absolute atomic E-state index is 12.5. The lowest BCUT2D eigenvalue weighted by molar-refractivity contribution is -0.131. The average molecular weight is 476 g/mol. The van der Waals surface area contributed by atoms with Gasteiger partial charge in [0.2, 0.25) is 0 Å². The number of halogens is 1. The third-order valence-electron chi connectivity index (χ3n) is 4.99. The Balaban J connectivity index is 0.00000544. The minimum atomic E-state index is -1.04. The van der Waals surface area contributed by atoms with Crippen LogP contribution in [0.4, 0.5) is 10.5 Å². The van der Waals surface area contributed by atoms with Crippen molar-refractivity contribution in [2.45, 2.75) is 46.0 Å². The Morgan fingerprint density at radius 2 is 1.91 bits per heavy atom. The molecule has 2 aromatic rings. The summed E-state index contributed by atoms with van der Waals surface area (Å²) in [6.07, 6.45) is 9.83. The molecule has 0 aliphatic rings. The van der Waals surface area contributed by atoms with E-state index in [4.69, 9.17) is 9.84 Å². The Labute approximate surface area is 202 Å². The lowest BCUT2D eigenvalue weighted by Gasteiger charge is -2.19. The van der Waals surface area contributed by atoms with Crippen molar-refractivity contribution in [2.24, 2.45) is 0 Å². The first-order valence-corrected chi connectivity index (χ1v) is 11.1. The number of hydrogen-bond donors (Lipinski definition) is 2. The van der Waals surface area contributed by atoms with Crippen LogP contribution in [0, 0.1) is 0 Å². The van der Waals surface area contributed by atoms with Crippen LogP contribution in [-0.4, -0.2) is 42.3 Å². The van der Waals surface area contributed by atoms with Crippen LogP contribution in [0.15, 0.2) is 42.6 Å². The zero-order chi connectivity index (χ0) is 23.3. The normalized spacial score (nSPS) is 10.5. The number of aromatic nitrogens is 1. The SMILES string of the molecule is CCCCCCCNC(=O)N(C)c1cccc(-c2cc(OCC)c(/C=C\C(=O)O)cn2)c1.Cl. The number of carboxylic acid groups (broad SMARTS) is 1. The van der Waals surface area contributed by atoms with Crippen LogP contribution in [0.3, 0.4) is 0 Å². The number of nitrogens with zero attached hydrogens (tertiary/aromatic N) is 2. The second-order valence-corrected chi connectivity index (χ2v) is 7.47. The smallest absolute Gasteiger partial charge is 0.328 e. The molecule has 0 aliphatic carbocycles. The lowest BCUT2D eigenvalue weighted by Crippen LogP contribution is -2.37. The van der Waals surface area contributed by atoms with Crippen molar-refractivity contribution in [1.29, 1.82) is 0 Å². The summed E-state index contributed by atoms with van der Waals surface area (Å²) in [6.45, 7) is 5.15. The van der Waals surface area contributed by atoms with Gasteiger partial charge in [-0.25, -0.2) is 9.59 Å². The summed E-state index contributed by atoms with van der Waals surface area (Å²) < 4.78 is 5.67. The minimum Gasteiger partial charge on any atom is -0.493 e. The first kappa shape index (κ1) is 28.0. The number of unbranched alkanes of at least 4 members (excludes halogenated alkanes) is 4. The van der Waals surface area contributed by atoms with E-state index in [1.165, 1.54) is 25.3 Å². The zero-order valence-corrected chi connectivity index (χ0v) is 20.4. The number of hydrogen-bond acceptors (Lipinski definition) is 4. The first-order valence-electron chi connectivity index (χ1n) is 11.1. The van der Waals surface area contributed by atoms with Crippen molar-refractivity contribution in [3.63, 3.8) is 0 Å². The fourth-order valence-electron chi connectivity index (χ4n) is 3.21. The molecule has 180 valence electrons. The molecule has 2 N–H and O–H groups in total. The Morgan fingerprint density at radius 3 is 2.61 bits per heavy atom. The molecule has 0 saturated carbocycles. The molecule has 0 bridgehead atoms. The molecule has 7 nitrogen and oxygen atoms in total. The van der Waals surface area contributed by atoms with Crippen LogP contribution in [0.1, 0.15) is 51.5 Å². The van der Waals surface area contributed by atoms with Gasteiger partial charge in [0, 0.05) is 48.7 Å². The van der Waals surface area contributed by atoms with Crippen molar-refractivity contribution in [3.8, 4) is 17.0 Å². The van der Waals surface area contributed by atoms with Crippen LogP contribution in [-0.2, 0) is 4.79 Å². The fraction of sp³-hybridized carbons (Fsp3) is 0.400. The monoisotopic (exact) mass is 475 g/mol. The van der Waals surface area contributed by atoms with Gasteiger partial charge in [-0.1, -0.05) is 44.7 Å². The highest BCUT2D eigenvalue weighted by molar-refractivity contribution is 5.92. The highest BCUT2D eigenvalue weighted by atomic mass is 35.5. The lowest BCUT2D eigenvalue weighted by atomic mass is 10.1. The number of urea groups is 1. The molecule has 0 atom stereocenters. The Bertz CT molecular complexity index is 934. The fourth-order valence-corrected chi connectivity index (χ4v) is 3.21. The molecule has 2 rings (SSSR count). The van der Waals surface area contributed by atoms with Crippen molar-refractivity contribution in [3.05, 3.63) is 48.2 Å². The number of amides is 2. The summed E-state index contributed by atoms with van der Waals surface area (Å²) >= 11 is 0. The first-order chi connectivity index (χ1) is 15.5. The van der Waals surface area contributed by atoms with E-state index in [9.17, 15) is 9.59 Å². The molecule has 1 heterocycles. The van der Waals surface area contributed by atoms with E-state index in [-0.39, 0.29) is 18.4 Å². The van der Waals surface area contributed by atoms with Crippen molar-refractivity contribution >= 4 is 36.2 Å². The summed E-state index contributed by atoms with van der Waals surface area (Å²) in [5.74, 6) is -0.485. The van der Waals surface area contributed by atoms with E-state index in [1.54, 1.807) is 24.2 Å². The summed E-state index contributed by atoms with van der Waals surface area (Å²) in [7, 11) is 1.74. The third-order valence-corrected chi connectivity index (χ3v) is 4.99. The largest absolute Gasteiger partial charge is 0.493 e. The predicted molar refractivity (Wildman–Crippen MR) is 135 cm³/mol. The van der Waals surface area contributed by atoms with E-state index in [0.29, 0.717) is 30.2 Å². The highest BCUT2D eigenvalue weighted by Gasteiger charge is 2.12. The second-order valence-electron chi connectivity index (χ2n) is 7.47. The number of carbonyl (C=O) groups excluding carboxylic acids is 1. The molecule has 33 heavy (non-hydrogen) atoms. The Hall–Kier alpha value is -3.06. The van der Waals surface area contributed by atoms with Crippen LogP contribution in [0.2, 0.25) is 0 Å². The predicted octanol–water partition coefficient (Wildman–Crippen LogP) is 5.78. The summed E-state index contributed by atoms with van der Waals surface area (Å²) in [4.78, 5) is 29.4. The summed E-state index contributed by atoms with van der Waals surface area (Å²) in [6, 6.07) is 9.19. The minimum absolute atomic E-state index is 0. The number of ether oxygens (including phenoxy) is 1. The maximum Gasteiger partial charge on any atom is 0.328 e. The van der Waals surface area contributed by atoms with E-state index in [1.807, 2.05) is 31.2 Å². The van der Waals surface area contributed by atoms with Gasteiger partial charge in [0.1, 0.15) is 5.75 Å². The quantitative estimate of drug-likeness (QED) is 0.299. The Morgan fingerprint density at radius 1 is 1.15 bits per heavy atom. The number of anilines is 1. The molecule has 0 fully saturated rings. The number of rotatable bonds is 12. The third kappa shape index (κ3) is 9.14. The van der Waals surface area contributed by atoms with Gasteiger partial charge in [0.15, 0.2) is 0 Å². The zero-order valence-electron chi connectivity index (χ0n) is 19.5. The molecule has 0 saturated heterocycles. The van der Waals surface area contributed by atoms with E-state index in [2.05, 4.69) is 17.2 Å². The highest BCUT2D eigenvalue weighted by Crippen LogP contribution is 2.28. The molecule has 2 amide bonds. The molecule has 1 aromatic carbocycles.